The van der Waals surface area contributed by atoms with Gasteiger partial charge in [-0.2, -0.15) is 13.2 Å². The Kier molecular flexibility index (Phi) is 13.6. The van der Waals surface area contributed by atoms with Crippen LogP contribution in [0.1, 0.15) is 43.7 Å². The summed E-state index contributed by atoms with van der Waals surface area (Å²) in [6.07, 6.45) is 2.12. The van der Waals surface area contributed by atoms with Crippen molar-refractivity contribution in [3.8, 4) is 0 Å². The van der Waals surface area contributed by atoms with Crippen LogP contribution in [0, 0.1) is 6.92 Å². The third-order valence-corrected chi connectivity index (χ3v) is 8.85. The van der Waals surface area contributed by atoms with E-state index in [1.165, 1.54) is 23.9 Å². The average Bonchev–Trinajstić information content (AvgIpc) is 3.83. The van der Waals surface area contributed by atoms with E-state index in [1.807, 2.05) is 18.0 Å². The highest BCUT2D eigenvalue weighted by atomic mass is 35.5. The topological polar surface area (TPSA) is 116 Å². The fourth-order valence-electron chi connectivity index (χ4n) is 4.49. The number of hydrogen-bond acceptors (Lipinski definition) is 8. The van der Waals surface area contributed by atoms with E-state index in [0.29, 0.717) is 31.3 Å². The third kappa shape index (κ3) is 10.2. The van der Waals surface area contributed by atoms with E-state index < -0.39 is 11.7 Å². The first-order valence-corrected chi connectivity index (χ1v) is 15.5. The number of hydrazone groups is 1. The second-order valence-electron chi connectivity index (χ2n) is 10.2. The van der Waals surface area contributed by atoms with Gasteiger partial charge in [0, 0.05) is 42.1 Å². The van der Waals surface area contributed by atoms with Crippen molar-refractivity contribution in [1.82, 2.24) is 19.5 Å². The number of nitrogens with one attached hydrogen (secondary N) is 1. The van der Waals surface area contributed by atoms with Crippen LogP contribution in [0.5, 0.6) is 0 Å². The van der Waals surface area contributed by atoms with E-state index in [-0.39, 0.29) is 17.3 Å². The number of aliphatic imine (C=N–C) groups is 1. The summed E-state index contributed by atoms with van der Waals surface area (Å²) in [5.74, 6) is 0.450. The molecule has 4 aliphatic rings. The molecular formula is C29H39ClF3N7O3S. The lowest BCUT2D eigenvalue weighted by molar-refractivity contribution is -0.137. The predicted octanol–water partition coefficient (Wildman–Crippen LogP) is 4.56. The number of piperazine rings is 1. The molecule has 5 rings (SSSR count). The summed E-state index contributed by atoms with van der Waals surface area (Å²) in [7, 11) is 0. The number of rotatable bonds is 6. The van der Waals surface area contributed by atoms with Crippen LogP contribution in [0.15, 0.2) is 51.3 Å². The van der Waals surface area contributed by atoms with Gasteiger partial charge < -0.3 is 20.7 Å². The van der Waals surface area contributed by atoms with Gasteiger partial charge in [0.2, 0.25) is 6.41 Å². The van der Waals surface area contributed by atoms with Gasteiger partial charge in [0.1, 0.15) is 12.4 Å². The second-order valence-corrected chi connectivity index (χ2v) is 12.0. The number of carbonyl (C=O) groups excluding carboxylic acids is 2. The molecule has 1 saturated carbocycles. The minimum absolute atomic E-state index is 0.0577. The lowest BCUT2D eigenvalue weighted by atomic mass is 10.1. The zero-order chi connectivity index (χ0) is 32.3. The van der Waals surface area contributed by atoms with Crippen LogP contribution in [-0.4, -0.2) is 90.4 Å². The molecule has 0 spiro atoms. The van der Waals surface area contributed by atoms with Crippen LogP contribution >= 0.6 is 23.5 Å². The highest BCUT2D eigenvalue weighted by Gasteiger charge is 2.34. The molecule has 1 aromatic carbocycles. The van der Waals surface area contributed by atoms with E-state index in [4.69, 9.17) is 21.1 Å². The highest BCUT2D eigenvalue weighted by molar-refractivity contribution is 7.97. The maximum atomic E-state index is 13.4. The number of amidine groups is 1. The number of alkyl halides is 3. The van der Waals surface area contributed by atoms with Crippen molar-refractivity contribution in [2.75, 3.05) is 46.1 Å². The smallest absolute Gasteiger partial charge is 0.377 e. The average molecular weight is 658 g/mol. The van der Waals surface area contributed by atoms with Gasteiger partial charge in [-0.1, -0.05) is 42.6 Å². The molecule has 10 nitrogen and oxygen atoms in total. The number of hydrogen-bond donors (Lipinski definition) is 2. The minimum Gasteiger partial charge on any atom is -0.377 e. The molecule has 2 amide bonds. The summed E-state index contributed by atoms with van der Waals surface area (Å²) in [6, 6.07) is 3.29. The van der Waals surface area contributed by atoms with Crippen molar-refractivity contribution in [3.05, 3.63) is 57.4 Å². The molecule has 3 N–H and O–H groups in total. The third-order valence-electron chi connectivity index (χ3n) is 7.01. The predicted molar refractivity (Wildman–Crippen MR) is 168 cm³/mol. The summed E-state index contributed by atoms with van der Waals surface area (Å²) < 4.78 is 43.9. The maximum absolute atomic E-state index is 13.4. The fraction of sp³-hybridized carbons (Fsp3) is 0.517. The molecule has 1 aliphatic carbocycles. The lowest BCUT2D eigenvalue weighted by Gasteiger charge is -2.39. The molecule has 44 heavy (non-hydrogen) atoms. The number of nitrogens with zero attached hydrogens (tertiary/aromatic N) is 5. The van der Waals surface area contributed by atoms with Gasteiger partial charge in [-0.15, -0.1) is 5.10 Å². The molecule has 0 bridgehead atoms. The fourth-order valence-corrected chi connectivity index (χ4v) is 5.81. The summed E-state index contributed by atoms with van der Waals surface area (Å²) in [6.45, 7) is 12.6. The van der Waals surface area contributed by atoms with E-state index >= 15 is 0 Å². The van der Waals surface area contributed by atoms with E-state index in [1.54, 1.807) is 6.92 Å². The first-order valence-electron chi connectivity index (χ1n) is 14.3. The highest BCUT2D eigenvalue weighted by Crippen LogP contribution is 2.37. The Morgan fingerprint density at radius 3 is 2.48 bits per heavy atom. The standard InChI is InChI=1S/C20H30N6O2S.C8H6ClF3.CH3NO/c1-3-17-18(24-8-10-25(11-9-24)29-16-4-5-16)20(27)26(14-22-17)23-19(21-2)15-6-12-28-13-7-15;1-5-2-3-6(4-7(5)9)8(10,11)12;2-1-3/h6,16,22H,2-5,7-14H2,1H3;2-4H,1H3;1H,(H2,2,3)/b23-19-;;. The van der Waals surface area contributed by atoms with E-state index in [0.717, 1.165) is 73.4 Å². The normalized spacial score (nSPS) is 19.6. The summed E-state index contributed by atoms with van der Waals surface area (Å²) >= 11 is 7.51. The van der Waals surface area contributed by atoms with Crippen LogP contribution in [0.2, 0.25) is 5.02 Å². The van der Waals surface area contributed by atoms with Crippen molar-refractivity contribution in [1.29, 1.82) is 0 Å². The van der Waals surface area contributed by atoms with Gasteiger partial charge in [-0.05, 0) is 62.6 Å². The molecule has 1 saturated heterocycles. The molecule has 0 unspecified atom stereocenters. The number of aryl methyl sites for hydroxylation is 1. The number of carbonyl (C=O) groups is 2. The Morgan fingerprint density at radius 1 is 1.27 bits per heavy atom. The van der Waals surface area contributed by atoms with Gasteiger partial charge in [0.15, 0.2) is 5.84 Å². The van der Waals surface area contributed by atoms with Gasteiger partial charge in [0.25, 0.3) is 5.91 Å². The van der Waals surface area contributed by atoms with Crippen LogP contribution in [0.25, 0.3) is 0 Å². The van der Waals surface area contributed by atoms with Gasteiger partial charge in [0.05, 0.1) is 18.8 Å². The number of halogens is 4. The van der Waals surface area contributed by atoms with Crippen molar-refractivity contribution < 1.29 is 27.5 Å². The van der Waals surface area contributed by atoms with Crippen molar-refractivity contribution in [2.24, 2.45) is 15.8 Å². The molecular weight excluding hydrogens is 619 g/mol. The minimum atomic E-state index is -4.31. The lowest BCUT2D eigenvalue weighted by Crippen LogP contribution is -2.51. The molecule has 1 aromatic rings. The Hall–Kier alpha value is -3.07. The number of benzene rings is 1. The number of nitrogens with two attached hydrogens (primary N) is 1. The zero-order valence-corrected chi connectivity index (χ0v) is 26.5. The summed E-state index contributed by atoms with van der Waals surface area (Å²) in [5.41, 5.74) is 6.84. The van der Waals surface area contributed by atoms with E-state index in [9.17, 15) is 18.0 Å². The molecule has 0 aromatic heterocycles. The first kappa shape index (κ1) is 35.4. The largest absolute Gasteiger partial charge is 0.416 e. The van der Waals surface area contributed by atoms with Crippen molar-refractivity contribution in [2.45, 2.75) is 51.0 Å². The van der Waals surface area contributed by atoms with Gasteiger partial charge in [-0.3, -0.25) is 9.59 Å². The molecule has 3 aliphatic heterocycles. The number of allylic oxidation sites excluding steroid dienone is 1. The van der Waals surface area contributed by atoms with E-state index in [2.05, 4.69) is 44.0 Å². The summed E-state index contributed by atoms with van der Waals surface area (Å²) in [4.78, 5) is 28.2. The van der Waals surface area contributed by atoms with Crippen LogP contribution in [-0.2, 0) is 20.5 Å². The number of primary amides is 1. The second kappa shape index (κ2) is 16.8. The quantitative estimate of drug-likeness (QED) is 0.200. The number of amides is 2. The Balaban J connectivity index is 0.000000294. The zero-order valence-electron chi connectivity index (χ0n) is 24.9. The van der Waals surface area contributed by atoms with Gasteiger partial charge >= 0.3 is 6.18 Å². The molecule has 0 radical (unpaired) electrons. The molecule has 242 valence electrons. The Bertz CT molecular complexity index is 1260. The molecule has 15 heteroatoms. The number of ether oxygens (including phenoxy) is 1. The molecule has 2 fully saturated rings. The molecule has 0 atom stereocenters. The summed E-state index contributed by atoms with van der Waals surface area (Å²) in [5, 5.41) is 10.4. The van der Waals surface area contributed by atoms with Gasteiger partial charge in [-0.25, -0.2) is 14.3 Å². The van der Waals surface area contributed by atoms with Crippen molar-refractivity contribution in [3.63, 3.8) is 0 Å². The Morgan fingerprint density at radius 2 is 1.95 bits per heavy atom. The maximum Gasteiger partial charge on any atom is 0.416 e. The first-order chi connectivity index (χ1) is 21.0. The monoisotopic (exact) mass is 657 g/mol. The SMILES string of the molecule is C=N/C(=N\N1CNC(CC)=C(N2CCN(SC3CC3)CC2)C1=O)C1=CCOCC1.Cc1ccc(C(F)(F)F)cc1Cl.NC=O. The van der Waals surface area contributed by atoms with Crippen molar-refractivity contribution >= 4 is 48.4 Å². The van der Waals surface area contributed by atoms with Crippen LogP contribution in [0.4, 0.5) is 13.2 Å². The molecule has 3 heterocycles. The van der Waals surface area contributed by atoms with Crippen LogP contribution < -0.4 is 11.1 Å². The Labute approximate surface area is 265 Å². The van der Waals surface area contributed by atoms with Crippen LogP contribution in [0.3, 0.4) is 0 Å².